The summed E-state index contributed by atoms with van der Waals surface area (Å²) in [4.78, 5) is 24.2. The predicted octanol–water partition coefficient (Wildman–Crippen LogP) is 3.74. The zero-order valence-corrected chi connectivity index (χ0v) is 14.9. The van der Waals surface area contributed by atoms with Gasteiger partial charge in [0.2, 0.25) is 5.79 Å². The van der Waals surface area contributed by atoms with Crippen molar-refractivity contribution in [1.29, 1.82) is 0 Å². The molecule has 0 aromatic heterocycles. The third kappa shape index (κ3) is 1.95. The average molecular weight is 360 g/mol. The summed E-state index contributed by atoms with van der Waals surface area (Å²) >= 11 is 0. The highest BCUT2D eigenvalue weighted by molar-refractivity contribution is 5.98. The monoisotopic (exact) mass is 360 g/mol. The van der Waals surface area contributed by atoms with Gasteiger partial charge in [-0.25, -0.2) is 4.89 Å². The molecule has 0 unspecified atom stereocenters. The Balaban J connectivity index is 1.59. The van der Waals surface area contributed by atoms with Crippen molar-refractivity contribution in [2.45, 2.75) is 48.9 Å². The lowest BCUT2D eigenvalue weighted by Crippen LogP contribution is -2.55. The largest absolute Gasteiger partial charge is 0.360 e. The number of rotatable bonds is 0. The van der Waals surface area contributed by atoms with Crippen LogP contribution in [0.5, 0.6) is 0 Å². The van der Waals surface area contributed by atoms with Gasteiger partial charge < -0.3 is 5.11 Å². The molecule has 2 atom stereocenters. The molecule has 7 rings (SSSR count). The molecule has 0 amide bonds. The molecule has 1 N–H and O–H groups in total. The van der Waals surface area contributed by atoms with Crippen LogP contribution in [0.4, 0.5) is 0 Å². The summed E-state index contributed by atoms with van der Waals surface area (Å²) in [6.07, 6.45) is 4.05. The third-order valence-electron chi connectivity index (χ3n) is 6.74. The summed E-state index contributed by atoms with van der Waals surface area (Å²) in [5.41, 5.74) is 4.71. The first-order valence-corrected chi connectivity index (χ1v) is 9.65. The number of fused-ring (bicyclic) bond motifs is 1. The lowest BCUT2D eigenvalue weighted by Gasteiger charge is -2.54. The lowest BCUT2D eigenvalue weighted by molar-refractivity contribution is -0.455. The van der Waals surface area contributed by atoms with Gasteiger partial charge in [-0.05, 0) is 41.2 Å². The molecule has 2 aromatic carbocycles. The molecule has 4 aliphatic carbocycles. The minimum Gasteiger partial charge on any atom is -0.360 e. The maximum absolute atomic E-state index is 12.6. The summed E-state index contributed by atoms with van der Waals surface area (Å²) < 4.78 is 0. The fourth-order valence-electron chi connectivity index (χ4n) is 5.60. The summed E-state index contributed by atoms with van der Waals surface area (Å²) in [5.74, 6) is -1.50. The smallest absolute Gasteiger partial charge is 0.228 e. The third-order valence-corrected chi connectivity index (χ3v) is 6.74. The second-order valence-electron chi connectivity index (χ2n) is 8.19. The van der Waals surface area contributed by atoms with E-state index in [1.165, 1.54) is 22.3 Å². The van der Waals surface area contributed by atoms with E-state index in [1.807, 2.05) is 6.08 Å². The van der Waals surface area contributed by atoms with Crippen LogP contribution in [0.3, 0.4) is 0 Å². The van der Waals surface area contributed by atoms with E-state index < -0.39 is 11.4 Å². The van der Waals surface area contributed by atoms with Crippen molar-refractivity contribution in [2.75, 3.05) is 0 Å². The summed E-state index contributed by atoms with van der Waals surface area (Å²) in [7, 11) is 0. The van der Waals surface area contributed by atoms with Gasteiger partial charge in [-0.1, -0.05) is 48.5 Å². The Morgan fingerprint density at radius 2 is 1.56 bits per heavy atom. The molecule has 1 aliphatic heterocycles. The zero-order valence-electron chi connectivity index (χ0n) is 14.9. The van der Waals surface area contributed by atoms with E-state index in [0.717, 1.165) is 0 Å². The Morgan fingerprint density at radius 1 is 0.926 bits per heavy atom. The van der Waals surface area contributed by atoms with E-state index in [2.05, 4.69) is 48.5 Å². The summed E-state index contributed by atoms with van der Waals surface area (Å²) in [5, 5.41) is 10.8. The molecule has 1 saturated carbocycles. The molecule has 2 aromatic rings. The van der Waals surface area contributed by atoms with Crippen LogP contribution in [0.25, 0.3) is 0 Å². The maximum atomic E-state index is 12.6. The van der Waals surface area contributed by atoms with Crippen molar-refractivity contribution >= 4 is 5.78 Å². The molecule has 27 heavy (non-hydrogen) atoms. The molecule has 0 radical (unpaired) electrons. The topological polar surface area (TPSA) is 55.8 Å². The first-order valence-electron chi connectivity index (χ1n) is 9.65. The fraction of sp³-hybridized carbons (Fsp3) is 0.348. The van der Waals surface area contributed by atoms with Gasteiger partial charge in [0.15, 0.2) is 5.78 Å². The number of Topliss-reactive ketones (excluding diaryl/α,β-unsaturated/α-hetero) is 1. The van der Waals surface area contributed by atoms with E-state index in [1.54, 1.807) is 0 Å². The van der Waals surface area contributed by atoms with E-state index in [0.29, 0.717) is 31.3 Å². The Morgan fingerprint density at radius 3 is 2.22 bits per heavy atom. The van der Waals surface area contributed by atoms with Gasteiger partial charge in [-0.3, -0.25) is 4.79 Å². The van der Waals surface area contributed by atoms with Crippen LogP contribution in [-0.2, 0) is 14.6 Å². The Kier molecular flexibility index (Phi) is 3.01. The molecule has 1 fully saturated rings. The van der Waals surface area contributed by atoms with Crippen molar-refractivity contribution in [3.05, 3.63) is 82.4 Å². The predicted molar refractivity (Wildman–Crippen MR) is 98.0 cm³/mol. The van der Waals surface area contributed by atoms with Gasteiger partial charge >= 0.3 is 0 Å². The van der Waals surface area contributed by atoms with Gasteiger partial charge in [-0.15, -0.1) is 0 Å². The van der Waals surface area contributed by atoms with Gasteiger partial charge in [0.1, 0.15) is 5.60 Å². The molecule has 4 heteroatoms. The van der Waals surface area contributed by atoms with Crippen molar-refractivity contribution < 1.29 is 19.7 Å². The van der Waals surface area contributed by atoms with Crippen LogP contribution in [-0.4, -0.2) is 22.3 Å². The molecule has 4 nitrogen and oxygen atoms in total. The van der Waals surface area contributed by atoms with E-state index in [4.69, 9.17) is 9.78 Å². The van der Waals surface area contributed by atoms with Gasteiger partial charge in [0.05, 0.1) is 5.57 Å². The Bertz CT molecular complexity index is 961. The molecular formula is C23H20O4. The fourth-order valence-corrected chi connectivity index (χ4v) is 5.60. The molecule has 1 heterocycles. The van der Waals surface area contributed by atoms with Gasteiger partial charge in [0.25, 0.3) is 0 Å². The van der Waals surface area contributed by atoms with Crippen LogP contribution in [0.15, 0.2) is 60.2 Å². The van der Waals surface area contributed by atoms with Crippen molar-refractivity contribution in [3.8, 4) is 0 Å². The molecule has 1 spiro atoms. The molecule has 136 valence electrons. The standard InChI is InChI=1S/C23H20O4/c24-20-10-5-11-23(25)19(20)13-22(26-27-23)12-18-14-6-1-3-8-16(14)21(22)17-9-4-2-7-15(17)18/h1-4,6-9,13,18,21,25H,5,10-12H2/t18?,21?,22-,23+/m1/s1. The van der Waals surface area contributed by atoms with Crippen molar-refractivity contribution in [3.63, 3.8) is 0 Å². The Hall–Kier alpha value is -2.27. The van der Waals surface area contributed by atoms with Crippen molar-refractivity contribution in [1.82, 2.24) is 0 Å². The number of ketones is 1. The van der Waals surface area contributed by atoms with Crippen LogP contribution in [0.2, 0.25) is 0 Å². The quantitative estimate of drug-likeness (QED) is 0.727. The first kappa shape index (κ1) is 15.8. The van der Waals surface area contributed by atoms with E-state index >= 15 is 0 Å². The second-order valence-corrected chi connectivity index (χ2v) is 8.19. The minimum absolute atomic E-state index is 0.0329. The number of hydrogen-bond donors (Lipinski definition) is 1. The van der Waals surface area contributed by atoms with Crippen LogP contribution < -0.4 is 0 Å². The number of carbonyl (C=O) groups is 1. The van der Waals surface area contributed by atoms with Gasteiger partial charge in [0, 0.05) is 24.7 Å². The minimum atomic E-state index is -1.60. The zero-order chi connectivity index (χ0) is 18.2. The van der Waals surface area contributed by atoms with Crippen LogP contribution in [0, 0.1) is 0 Å². The average Bonchev–Trinajstić information content (AvgIpc) is 2.70. The number of benzene rings is 2. The van der Waals surface area contributed by atoms with Crippen LogP contribution in [0.1, 0.15) is 59.8 Å². The first-order chi connectivity index (χ1) is 13.1. The molecule has 5 aliphatic rings. The second kappa shape index (κ2) is 5.16. The SMILES string of the molecule is O=C1CCC[C@]2(O)OO[C@@]3(C=C12)CC1c2ccccc2C3c2ccccc21. The maximum Gasteiger partial charge on any atom is 0.228 e. The number of carbonyl (C=O) groups excluding carboxylic acids is 1. The highest BCUT2D eigenvalue weighted by Crippen LogP contribution is 2.61. The summed E-state index contributed by atoms with van der Waals surface area (Å²) in [6, 6.07) is 16.9. The Labute approximate surface area is 157 Å². The summed E-state index contributed by atoms with van der Waals surface area (Å²) in [6.45, 7) is 0. The van der Waals surface area contributed by atoms with Crippen LogP contribution >= 0.6 is 0 Å². The molecular weight excluding hydrogens is 340 g/mol. The normalized spacial score (nSPS) is 36.0. The number of hydrogen-bond acceptors (Lipinski definition) is 4. The van der Waals surface area contributed by atoms with E-state index in [-0.39, 0.29) is 17.6 Å². The number of aliphatic hydroxyl groups is 1. The molecule has 2 bridgehead atoms. The highest BCUT2D eigenvalue weighted by atomic mass is 17.2. The molecule has 0 saturated heterocycles. The van der Waals surface area contributed by atoms with Crippen molar-refractivity contribution in [2.24, 2.45) is 0 Å². The highest BCUT2D eigenvalue weighted by Gasteiger charge is 2.58. The van der Waals surface area contributed by atoms with Gasteiger partial charge in [-0.2, -0.15) is 4.89 Å². The van der Waals surface area contributed by atoms with E-state index in [9.17, 15) is 9.90 Å². The lowest BCUT2D eigenvalue weighted by atomic mass is 9.56.